The second kappa shape index (κ2) is 9.16. The number of aryl methyl sites for hydroxylation is 1. The summed E-state index contributed by atoms with van der Waals surface area (Å²) in [6.07, 6.45) is 1.81. The van der Waals surface area contributed by atoms with Crippen LogP contribution in [0.4, 0.5) is 0 Å². The van der Waals surface area contributed by atoms with Gasteiger partial charge in [0.2, 0.25) is 0 Å². The molecule has 0 unspecified atom stereocenters. The van der Waals surface area contributed by atoms with Crippen molar-refractivity contribution >= 4 is 29.1 Å². The quantitative estimate of drug-likeness (QED) is 0.638. The molecule has 1 amide bonds. The molecule has 3 aromatic rings. The second-order valence-corrected chi connectivity index (χ2v) is 8.43. The molecule has 0 aliphatic carbocycles. The lowest BCUT2D eigenvalue weighted by Crippen LogP contribution is -2.44. The van der Waals surface area contributed by atoms with Crippen LogP contribution in [0.2, 0.25) is 10.0 Å². The molecule has 0 radical (unpaired) electrons. The summed E-state index contributed by atoms with van der Waals surface area (Å²) < 4.78 is 0. The van der Waals surface area contributed by atoms with Crippen molar-refractivity contribution in [3.05, 3.63) is 75.5 Å². The standard InChI is InChI=1S/C22H23Cl2N5O/c1-15-21(27-29(26-15)20-4-2-3-18(24)13-20)22(30)25-19-9-11-28(12-10-19)14-16-5-7-17(23)8-6-16/h2-8,13,19H,9-12,14H2,1H3,(H,25,30). The van der Waals surface area contributed by atoms with E-state index in [1.807, 2.05) is 24.3 Å². The van der Waals surface area contributed by atoms with Crippen molar-refractivity contribution in [2.45, 2.75) is 32.4 Å². The van der Waals surface area contributed by atoms with E-state index in [9.17, 15) is 4.79 Å². The van der Waals surface area contributed by atoms with Gasteiger partial charge in [0.15, 0.2) is 5.69 Å². The topological polar surface area (TPSA) is 63.1 Å². The second-order valence-electron chi connectivity index (χ2n) is 7.55. The molecule has 1 aliphatic rings. The van der Waals surface area contributed by atoms with E-state index >= 15 is 0 Å². The van der Waals surface area contributed by atoms with Gasteiger partial charge in [-0.3, -0.25) is 9.69 Å². The number of nitrogens with zero attached hydrogens (tertiary/aromatic N) is 4. The van der Waals surface area contributed by atoms with E-state index in [0.29, 0.717) is 16.4 Å². The number of hydrogen-bond donors (Lipinski definition) is 1. The van der Waals surface area contributed by atoms with Crippen LogP contribution in [0.25, 0.3) is 5.69 Å². The summed E-state index contributed by atoms with van der Waals surface area (Å²) in [6.45, 7) is 4.55. The molecule has 6 nitrogen and oxygen atoms in total. The molecule has 0 bridgehead atoms. The summed E-state index contributed by atoms with van der Waals surface area (Å²) >= 11 is 12.0. The van der Waals surface area contributed by atoms with Gasteiger partial charge in [-0.15, -0.1) is 5.10 Å². The Labute approximate surface area is 185 Å². The van der Waals surface area contributed by atoms with Gasteiger partial charge in [-0.1, -0.05) is 41.4 Å². The first-order valence-electron chi connectivity index (χ1n) is 9.95. The minimum absolute atomic E-state index is 0.134. The molecule has 0 spiro atoms. The predicted molar refractivity (Wildman–Crippen MR) is 118 cm³/mol. The van der Waals surface area contributed by atoms with Gasteiger partial charge in [0, 0.05) is 35.7 Å². The van der Waals surface area contributed by atoms with E-state index in [-0.39, 0.29) is 11.9 Å². The van der Waals surface area contributed by atoms with E-state index < -0.39 is 0 Å². The summed E-state index contributed by atoms with van der Waals surface area (Å²) in [5.41, 5.74) is 2.90. The van der Waals surface area contributed by atoms with Crippen LogP contribution in [0.3, 0.4) is 0 Å². The molecule has 0 saturated carbocycles. The van der Waals surface area contributed by atoms with E-state index in [2.05, 4.69) is 32.5 Å². The number of piperidine rings is 1. The monoisotopic (exact) mass is 443 g/mol. The van der Waals surface area contributed by atoms with Gasteiger partial charge in [-0.2, -0.15) is 9.90 Å². The number of benzene rings is 2. The zero-order valence-electron chi connectivity index (χ0n) is 16.7. The smallest absolute Gasteiger partial charge is 0.273 e. The Morgan fingerprint density at radius 2 is 1.80 bits per heavy atom. The van der Waals surface area contributed by atoms with Crippen LogP contribution in [0.5, 0.6) is 0 Å². The Morgan fingerprint density at radius 1 is 1.07 bits per heavy atom. The normalized spacial score (nSPS) is 15.3. The van der Waals surface area contributed by atoms with Gasteiger partial charge < -0.3 is 5.32 Å². The zero-order chi connectivity index (χ0) is 21.1. The maximum atomic E-state index is 12.8. The minimum atomic E-state index is -0.183. The average molecular weight is 444 g/mol. The fourth-order valence-corrected chi connectivity index (χ4v) is 3.95. The lowest BCUT2D eigenvalue weighted by molar-refractivity contribution is 0.0903. The lowest BCUT2D eigenvalue weighted by Gasteiger charge is -2.32. The van der Waals surface area contributed by atoms with Crippen molar-refractivity contribution in [1.82, 2.24) is 25.2 Å². The largest absolute Gasteiger partial charge is 0.348 e. The third kappa shape index (κ3) is 5.01. The number of aromatic nitrogens is 3. The number of likely N-dealkylation sites (tertiary alicyclic amines) is 1. The Balaban J connectivity index is 1.33. The first kappa shape index (κ1) is 20.8. The third-order valence-electron chi connectivity index (χ3n) is 5.28. The molecule has 30 heavy (non-hydrogen) atoms. The van der Waals surface area contributed by atoms with Gasteiger partial charge in [-0.25, -0.2) is 0 Å². The predicted octanol–water partition coefficient (Wildman–Crippen LogP) is 4.28. The van der Waals surface area contributed by atoms with Crippen molar-refractivity contribution in [1.29, 1.82) is 0 Å². The lowest BCUT2D eigenvalue weighted by atomic mass is 10.0. The van der Waals surface area contributed by atoms with Crippen molar-refractivity contribution < 1.29 is 4.79 Å². The van der Waals surface area contributed by atoms with E-state index in [4.69, 9.17) is 23.2 Å². The summed E-state index contributed by atoms with van der Waals surface area (Å²) in [7, 11) is 0. The molecule has 1 aromatic heterocycles. The molecule has 1 N–H and O–H groups in total. The minimum Gasteiger partial charge on any atom is -0.348 e. The molecule has 1 fully saturated rings. The van der Waals surface area contributed by atoms with Crippen molar-refractivity contribution in [2.24, 2.45) is 0 Å². The molecule has 0 atom stereocenters. The molecule has 8 heteroatoms. The summed E-state index contributed by atoms with van der Waals surface area (Å²) in [5.74, 6) is -0.183. The van der Waals surface area contributed by atoms with Crippen LogP contribution >= 0.6 is 23.2 Å². The highest BCUT2D eigenvalue weighted by Crippen LogP contribution is 2.17. The Kier molecular flexibility index (Phi) is 6.37. The fourth-order valence-electron chi connectivity index (χ4n) is 3.64. The highest BCUT2D eigenvalue weighted by atomic mass is 35.5. The van der Waals surface area contributed by atoms with Crippen LogP contribution in [0.1, 0.15) is 34.6 Å². The van der Waals surface area contributed by atoms with Crippen LogP contribution < -0.4 is 5.32 Å². The van der Waals surface area contributed by atoms with Crippen LogP contribution in [0, 0.1) is 6.92 Å². The maximum Gasteiger partial charge on any atom is 0.273 e. The highest BCUT2D eigenvalue weighted by molar-refractivity contribution is 6.30. The van der Waals surface area contributed by atoms with Crippen molar-refractivity contribution in [3.8, 4) is 5.69 Å². The third-order valence-corrected chi connectivity index (χ3v) is 5.77. The van der Waals surface area contributed by atoms with Crippen LogP contribution in [-0.4, -0.2) is 44.9 Å². The van der Waals surface area contributed by atoms with E-state index in [0.717, 1.165) is 43.2 Å². The number of amides is 1. The van der Waals surface area contributed by atoms with Crippen molar-refractivity contribution in [3.63, 3.8) is 0 Å². The molecule has 2 aromatic carbocycles. The molecule has 156 valence electrons. The number of hydrogen-bond acceptors (Lipinski definition) is 4. The summed E-state index contributed by atoms with van der Waals surface area (Å²) in [5, 5.41) is 13.2. The first-order valence-corrected chi connectivity index (χ1v) is 10.7. The molecule has 4 rings (SSSR count). The SMILES string of the molecule is Cc1nn(-c2cccc(Cl)c2)nc1C(=O)NC1CCN(Cc2ccc(Cl)cc2)CC1. The Bertz CT molecular complexity index is 1030. The Morgan fingerprint density at radius 3 is 2.50 bits per heavy atom. The summed E-state index contributed by atoms with van der Waals surface area (Å²) in [6, 6.07) is 15.3. The maximum absolute atomic E-state index is 12.8. The zero-order valence-corrected chi connectivity index (χ0v) is 18.2. The van der Waals surface area contributed by atoms with E-state index in [1.54, 1.807) is 19.1 Å². The number of carbonyl (C=O) groups excluding carboxylic acids is 1. The van der Waals surface area contributed by atoms with Crippen LogP contribution in [-0.2, 0) is 6.54 Å². The van der Waals surface area contributed by atoms with Gasteiger partial charge in [0.25, 0.3) is 5.91 Å². The van der Waals surface area contributed by atoms with Crippen molar-refractivity contribution in [2.75, 3.05) is 13.1 Å². The van der Waals surface area contributed by atoms with Gasteiger partial charge >= 0.3 is 0 Å². The number of rotatable bonds is 5. The molecular weight excluding hydrogens is 421 g/mol. The Hall–Kier alpha value is -2.41. The van der Waals surface area contributed by atoms with Gasteiger partial charge in [0.1, 0.15) is 0 Å². The molecular formula is C22H23Cl2N5O. The fraction of sp³-hybridized carbons (Fsp3) is 0.318. The first-order chi connectivity index (χ1) is 14.5. The van der Waals surface area contributed by atoms with Gasteiger partial charge in [-0.05, 0) is 55.7 Å². The average Bonchev–Trinajstić information content (AvgIpc) is 3.13. The number of nitrogens with one attached hydrogen (secondary N) is 1. The highest BCUT2D eigenvalue weighted by Gasteiger charge is 2.24. The molecule has 1 aliphatic heterocycles. The van der Waals surface area contributed by atoms with Gasteiger partial charge in [0.05, 0.1) is 11.4 Å². The summed E-state index contributed by atoms with van der Waals surface area (Å²) in [4.78, 5) is 16.6. The number of halogens is 2. The van der Waals surface area contributed by atoms with E-state index in [1.165, 1.54) is 10.4 Å². The van der Waals surface area contributed by atoms with Crippen LogP contribution in [0.15, 0.2) is 48.5 Å². The number of carbonyl (C=O) groups is 1. The molecule has 2 heterocycles. The molecule has 1 saturated heterocycles.